The SMILES string of the molecule is CC(C)c1ccccc1OCc1nnc(N)o1. The second-order valence-corrected chi connectivity index (χ2v) is 4.02. The van der Waals surface area contributed by atoms with Gasteiger partial charge in [-0.15, -0.1) is 5.10 Å². The van der Waals surface area contributed by atoms with Crippen molar-refractivity contribution in [2.75, 3.05) is 5.73 Å². The number of anilines is 1. The summed E-state index contributed by atoms with van der Waals surface area (Å²) in [7, 11) is 0. The zero-order valence-electron chi connectivity index (χ0n) is 9.88. The summed E-state index contributed by atoms with van der Waals surface area (Å²) in [5, 5.41) is 7.31. The summed E-state index contributed by atoms with van der Waals surface area (Å²) < 4.78 is 10.7. The number of nitrogens with zero attached hydrogens (tertiary/aromatic N) is 2. The van der Waals surface area contributed by atoms with Crippen molar-refractivity contribution in [2.45, 2.75) is 26.4 Å². The fraction of sp³-hybridized carbons (Fsp3) is 0.333. The van der Waals surface area contributed by atoms with E-state index in [1.807, 2.05) is 24.3 Å². The Balaban J connectivity index is 2.08. The van der Waals surface area contributed by atoms with Crippen LogP contribution in [0.5, 0.6) is 5.75 Å². The minimum atomic E-state index is 0.0562. The van der Waals surface area contributed by atoms with Crippen molar-refractivity contribution in [3.63, 3.8) is 0 Å². The van der Waals surface area contributed by atoms with Gasteiger partial charge in [0.1, 0.15) is 5.75 Å². The van der Waals surface area contributed by atoms with Crippen molar-refractivity contribution in [2.24, 2.45) is 0 Å². The maximum atomic E-state index is 5.65. The van der Waals surface area contributed by atoms with Crippen LogP contribution in [0.25, 0.3) is 0 Å². The number of nitrogen functional groups attached to an aromatic ring is 1. The molecule has 0 aliphatic rings. The van der Waals surface area contributed by atoms with Crippen molar-refractivity contribution < 1.29 is 9.15 Å². The summed E-state index contributed by atoms with van der Waals surface area (Å²) in [6, 6.07) is 7.95. The Bertz CT molecular complexity index is 494. The van der Waals surface area contributed by atoms with E-state index in [-0.39, 0.29) is 12.6 Å². The Hall–Kier alpha value is -2.04. The van der Waals surface area contributed by atoms with E-state index in [0.29, 0.717) is 11.8 Å². The molecule has 5 nitrogen and oxygen atoms in total. The molecule has 0 radical (unpaired) electrons. The van der Waals surface area contributed by atoms with Gasteiger partial charge >= 0.3 is 6.01 Å². The lowest BCUT2D eigenvalue weighted by molar-refractivity contribution is 0.262. The van der Waals surface area contributed by atoms with Gasteiger partial charge in [0, 0.05) is 0 Å². The van der Waals surface area contributed by atoms with Gasteiger partial charge in [-0.05, 0) is 17.5 Å². The Labute approximate surface area is 99.6 Å². The zero-order valence-corrected chi connectivity index (χ0v) is 9.88. The van der Waals surface area contributed by atoms with Crippen LogP contribution in [0.15, 0.2) is 28.7 Å². The number of nitrogens with two attached hydrogens (primary N) is 1. The van der Waals surface area contributed by atoms with Crippen molar-refractivity contribution in [1.29, 1.82) is 0 Å². The van der Waals surface area contributed by atoms with Crippen LogP contribution in [0.4, 0.5) is 6.01 Å². The van der Waals surface area contributed by atoms with Crippen LogP contribution < -0.4 is 10.5 Å². The highest BCUT2D eigenvalue weighted by molar-refractivity contribution is 5.35. The molecule has 2 rings (SSSR count). The quantitative estimate of drug-likeness (QED) is 0.877. The molecular formula is C12H15N3O2. The van der Waals surface area contributed by atoms with Crippen LogP contribution in [-0.2, 0) is 6.61 Å². The van der Waals surface area contributed by atoms with Crippen LogP contribution in [0, 0.1) is 0 Å². The average Bonchev–Trinajstić information content (AvgIpc) is 2.73. The second kappa shape index (κ2) is 4.86. The van der Waals surface area contributed by atoms with Crippen molar-refractivity contribution >= 4 is 6.01 Å². The van der Waals surface area contributed by atoms with Crippen molar-refractivity contribution in [1.82, 2.24) is 10.2 Å². The molecule has 0 bridgehead atoms. The predicted octanol–water partition coefficient (Wildman–Crippen LogP) is 2.35. The molecule has 0 aliphatic carbocycles. The first-order valence-electron chi connectivity index (χ1n) is 5.46. The highest BCUT2D eigenvalue weighted by Crippen LogP contribution is 2.26. The fourth-order valence-electron chi connectivity index (χ4n) is 1.55. The summed E-state index contributed by atoms with van der Waals surface area (Å²) in [4.78, 5) is 0. The Kier molecular flexibility index (Phi) is 3.27. The molecule has 90 valence electrons. The Morgan fingerprint density at radius 2 is 2.06 bits per heavy atom. The van der Waals surface area contributed by atoms with Gasteiger partial charge < -0.3 is 14.9 Å². The van der Waals surface area contributed by atoms with Crippen LogP contribution in [0.1, 0.15) is 31.2 Å². The first-order valence-corrected chi connectivity index (χ1v) is 5.46. The fourth-order valence-corrected chi connectivity index (χ4v) is 1.55. The maximum Gasteiger partial charge on any atom is 0.312 e. The first kappa shape index (κ1) is 11.4. The molecule has 0 unspecified atom stereocenters. The predicted molar refractivity (Wildman–Crippen MR) is 63.6 cm³/mol. The molecule has 0 atom stereocenters. The van der Waals surface area contributed by atoms with Gasteiger partial charge in [0.25, 0.3) is 5.89 Å². The van der Waals surface area contributed by atoms with E-state index in [0.717, 1.165) is 11.3 Å². The molecule has 0 fully saturated rings. The van der Waals surface area contributed by atoms with E-state index in [9.17, 15) is 0 Å². The molecular weight excluding hydrogens is 218 g/mol. The number of aromatic nitrogens is 2. The minimum absolute atomic E-state index is 0.0562. The standard InChI is InChI=1S/C12H15N3O2/c1-8(2)9-5-3-4-6-10(9)16-7-11-14-15-12(13)17-11/h3-6,8H,7H2,1-2H3,(H2,13,15). The smallest absolute Gasteiger partial charge is 0.312 e. The summed E-state index contributed by atoms with van der Waals surface area (Å²) in [6.45, 7) is 4.47. The number of hydrogen-bond acceptors (Lipinski definition) is 5. The monoisotopic (exact) mass is 233 g/mol. The lowest BCUT2D eigenvalue weighted by Gasteiger charge is -2.12. The third kappa shape index (κ3) is 2.75. The molecule has 0 saturated heterocycles. The number of rotatable bonds is 4. The molecule has 0 amide bonds. The highest BCUT2D eigenvalue weighted by Gasteiger charge is 2.09. The lowest BCUT2D eigenvalue weighted by Crippen LogP contribution is -2.00. The molecule has 1 aromatic heterocycles. The van der Waals surface area contributed by atoms with Gasteiger partial charge in [0.05, 0.1) is 0 Å². The van der Waals surface area contributed by atoms with Gasteiger partial charge in [-0.25, -0.2) is 0 Å². The number of para-hydroxylation sites is 1. The van der Waals surface area contributed by atoms with E-state index in [1.165, 1.54) is 0 Å². The lowest BCUT2D eigenvalue weighted by atomic mass is 10.0. The molecule has 1 heterocycles. The number of benzene rings is 1. The third-order valence-electron chi connectivity index (χ3n) is 2.37. The van der Waals surface area contributed by atoms with Crippen LogP contribution in [0.2, 0.25) is 0 Å². The van der Waals surface area contributed by atoms with Gasteiger partial charge in [0.15, 0.2) is 6.61 Å². The summed E-state index contributed by atoms with van der Waals surface area (Å²) in [5.41, 5.74) is 6.48. The van der Waals surface area contributed by atoms with Crippen LogP contribution >= 0.6 is 0 Å². The van der Waals surface area contributed by atoms with E-state index in [1.54, 1.807) is 0 Å². The normalized spacial score (nSPS) is 10.8. The minimum Gasteiger partial charge on any atom is -0.484 e. The summed E-state index contributed by atoms with van der Waals surface area (Å²) >= 11 is 0. The van der Waals surface area contributed by atoms with Gasteiger partial charge in [-0.1, -0.05) is 37.1 Å². The van der Waals surface area contributed by atoms with E-state index < -0.39 is 0 Å². The Morgan fingerprint density at radius 3 is 2.71 bits per heavy atom. The van der Waals surface area contributed by atoms with Crippen molar-refractivity contribution in [3.05, 3.63) is 35.7 Å². The van der Waals surface area contributed by atoms with Gasteiger partial charge in [0.2, 0.25) is 0 Å². The van der Waals surface area contributed by atoms with Crippen LogP contribution in [0.3, 0.4) is 0 Å². The third-order valence-corrected chi connectivity index (χ3v) is 2.37. The van der Waals surface area contributed by atoms with E-state index >= 15 is 0 Å². The number of ether oxygens (including phenoxy) is 1. The molecule has 1 aromatic carbocycles. The second-order valence-electron chi connectivity index (χ2n) is 4.02. The van der Waals surface area contributed by atoms with Gasteiger partial charge in [-0.2, -0.15) is 0 Å². The average molecular weight is 233 g/mol. The molecule has 5 heteroatoms. The zero-order chi connectivity index (χ0) is 12.3. The van der Waals surface area contributed by atoms with Crippen molar-refractivity contribution in [3.8, 4) is 5.75 Å². The summed E-state index contributed by atoms with van der Waals surface area (Å²) in [6.07, 6.45) is 0. The molecule has 0 aliphatic heterocycles. The highest BCUT2D eigenvalue weighted by atomic mass is 16.5. The largest absolute Gasteiger partial charge is 0.484 e. The molecule has 2 aromatic rings. The molecule has 17 heavy (non-hydrogen) atoms. The topological polar surface area (TPSA) is 74.2 Å². The molecule has 0 spiro atoms. The van der Waals surface area contributed by atoms with E-state index in [4.69, 9.17) is 14.9 Å². The Morgan fingerprint density at radius 1 is 1.29 bits per heavy atom. The first-order chi connectivity index (χ1) is 8.16. The van der Waals surface area contributed by atoms with Crippen LogP contribution in [-0.4, -0.2) is 10.2 Å². The summed E-state index contributed by atoms with van der Waals surface area (Å²) in [5.74, 6) is 1.61. The number of hydrogen-bond donors (Lipinski definition) is 1. The molecule has 0 saturated carbocycles. The van der Waals surface area contributed by atoms with Gasteiger partial charge in [-0.3, -0.25) is 0 Å². The van der Waals surface area contributed by atoms with E-state index in [2.05, 4.69) is 24.0 Å². The molecule has 2 N–H and O–H groups in total. The maximum absolute atomic E-state index is 5.65.